The number of carbonyl (C=O) groups is 1. The fourth-order valence-corrected chi connectivity index (χ4v) is 4.91. The lowest BCUT2D eigenvalue weighted by Gasteiger charge is -2.41. The van der Waals surface area contributed by atoms with Gasteiger partial charge in [-0.15, -0.1) is 0 Å². The molecule has 0 amide bonds. The van der Waals surface area contributed by atoms with Crippen LogP contribution in [-0.2, 0) is 11.3 Å². The average Bonchev–Trinajstić information content (AvgIpc) is 2.66. The van der Waals surface area contributed by atoms with Gasteiger partial charge >= 0.3 is 0 Å². The molecule has 3 rings (SSSR count). The van der Waals surface area contributed by atoms with Crippen molar-refractivity contribution in [2.24, 2.45) is 10.8 Å². The molecular formula is C20H29NO. The number of hydrogen-bond donors (Lipinski definition) is 0. The van der Waals surface area contributed by atoms with Gasteiger partial charge in [0.25, 0.3) is 0 Å². The van der Waals surface area contributed by atoms with Crippen LogP contribution in [0.1, 0.15) is 58.9 Å². The maximum atomic E-state index is 12.2. The van der Waals surface area contributed by atoms with Gasteiger partial charge in [-0.3, -0.25) is 9.69 Å². The third kappa shape index (κ3) is 2.86. The molecule has 2 fully saturated rings. The Morgan fingerprint density at radius 1 is 1.05 bits per heavy atom. The summed E-state index contributed by atoms with van der Waals surface area (Å²) in [5, 5.41) is 0. The standard InChI is InChI=1S/C20H29NO/c1-18(2)13-20(11-10-17(18)22)14-19(3,4)21(15-20)12-16-8-6-5-7-9-16/h5-9H,10-15H2,1-4H3. The Balaban J connectivity index is 1.79. The van der Waals surface area contributed by atoms with Crippen LogP contribution in [-0.4, -0.2) is 22.8 Å². The predicted molar refractivity (Wildman–Crippen MR) is 90.6 cm³/mol. The SMILES string of the molecule is CC1(C)CC2(CCC1=O)CN(Cc1ccccc1)C(C)(C)C2. The summed E-state index contributed by atoms with van der Waals surface area (Å²) in [5.74, 6) is 0.456. The van der Waals surface area contributed by atoms with Crippen LogP contribution in [0.2, 0.25) is 0 Å². The molecule has 1 aromatic rings. The molecule has 0 N–H and O–H groups in total. The molecule has 1 aliphatic carbocycles. The smallest absolute Gasteiger partial charge is 0.138 e. The monoisotopic (exact) mass is 299 g/mol. The number of ketones is 1. The van der Waals surface area contributed by atoms with Crippen LogP contribution in [0.3, 0.4) is 0 Å². The number of nitrogens with zero attached hydrogens (tertiary/aromatic N) is 1. The average molecular weight is 299 g/mol. The first-order chi connectivity index (χ1) is 10.2. The van der Waals surface area contributed by atoms with Gasteiger partial charge in [-0.25, -0.2) is 0 Å². The zero-order valence-electron chi connectivity index (χ0n) is 14.5. The van der Waals surface area contributed by atoms with Gasteiger partial charge in [0.2, 0.25) is 0 Å². The molecule has 1 aromatic carbocycles. The summed E-state index contributed by atoms with van der Waals surface area (Å²) in [4.78, 5) is 14.8. The Hall–Kier alpha value is -1.15. The summed E-state index contributed by atoms with van der Waals surface area (Å²) in [6.07, 6.45) is 4.10. The van der Waals surface area contributed by atoms with E-state index < -0.39 is 0 Å². The van der Waals surface area contributed by atoms with Crippen molar-refractivity contribution in [2.75, 3.05) is 6.54 Å². The number of hydrogen-bond acceptors (Lipinski definition) is 2. The zero-order chi connectivity index (χ0) is 16.0. The first kappa shape index (κ1) is 15.7. The van der Waals surface area contributed by atoms with Gasteiger partial charge in [0.15, 0.2) is 0 Å². The Kier molecular flexibility index (Phi) is 3.71. The minimum absolute atomic E-state index is 0.142. The van der Waals surface area contributed by atoms with Crippen molar-refractivity contribution in [3.8, 4) is 0 Å². The highest BCUT2D eigenvalue weighted by Crippen LogP contribution is 2.54. The first-order valence-corrected chi connectivity index (χ1v) is 8.55. The maximum absolute atomic E-state index is 12.2. The van der Waals surface area contributed by atoms with Crippen molar-refractivity contribution < 1.29 is 4.79 Å². The predicted octanol–water partition coefficient (Wildman–Crippen LogP) is 4.44. The molecule has 2 nitrogen and oxygen atoms in total. The molecule has 22 heavy (non-hydrogen) atoms. The van der Waals surface area contributed by atoms with Crippen molar-refractivity contribution in [1.29, 1.82) is 0 Å². The van der Waals surface area contributed by atoms with E-state index in [0.717, 1.165) is 32.4 Å². The topological polar surface area (TPSA) is 20.3 Å². The third-order valence-electron chi connectivity index (χ3n) is 5.86. The molecule has 0 radical (unpaired) electrons. The number of rotatable bonds is 2. The van der Waals surface area contributed by atoms with Crippen LogP contribution in [0.15, 0.2) is 30.3 Å². The minimum atomic E-state index is -0.142. The Morgan fingerprint density at radius 2 is 1.73 bits per heavy atom. The van der Waals surface area contributed by atoms with Gasteiger partial charge in [-0.05, 0) is 44.1 Å². The summed E-state index contributed by atoms with van der Waals surface area (Å²) < 4.78 is 0. The van der Waals surface area contributed by atoms with Gasteiger partial charge in [0.05, 0.1) is 0 Å². The third-order valence-corrected chi connectivity index (χ3v) is 5.86. The Bertz CT molecular complexity index is 560. The van der Waals surface area contributed by atoms with E-state index in [1.54, 1.807) is 0 Å². The van der Waals surface area contributed by atoms with Crippen LogP contribution < -0.4 is 0 Å². The van der Waals surface area contributed by atoms with Gasteiger partial charge in [0, 0.05) is 30.5 Å². The second-order valence-electron chi connectivity index (χ2n) is 8.81. The molecule has 1 aliphatic heterocycles. The van der Waals surface area contributed by atoms with E-state index in [1.165, 1.54) is 12.0 Å². The molecule has 1 saturated heterocycles. The molecule has 120 valence electrons. The van der Waals surface area contributed by atoms with Crippen molar-refractivity contribution in [3.63, 3.8) is 0 Å². The molecule has 0 aromatic heterocycles. The van der Waals surface area contributed by atoms with Crippen LogP contribution in [0.4, 0.5) is 0 Å². The summed E-state index contributed by atoms with van der Waals surface area (Å²) in [6.45, 7) is 11.2. The summed E-state index contributed by atoms with van der Waals surface area (Å²) in [5.41, 5.74) is 1.79. The first-order valence-electron chi connectivity index (χ1n) is 8.55. The van der Waals surface area contributed by atoms with Crippen molar-refractivity contribution in [2.45, 2.75) is 65.5 Å². The summed E-state index contributed by atoms with van der Waals surface area (Å²) in [7, 11) is 0. The summed E-state index contributed by atoms with van der Waals surface area (Å²) >= 11 is 0. The molecule has 1 atom stereocenters. The molecule has 0 bridgehead atoms. The zero-order valence-corrected chi connectivity index (χ0v) is 14.5. The van der Waals surface area contributed by atoms with E-state index >= 15 is 0 Å². The molecule has 2 aliphatic rings. The van der Waals surface area contributed by atoms with E-state index in [-0.39, 0.29) is 11.0 Å². The highest BCUT2D eigenvalue weighted by Gasteiger charge is 2.53. The van der Waals surface area contributed by atoms with Crippen molar-refractivity contribution >= 4 is 5.78 Å². The highest BCUT2D eigenvalue weighted by molar-refractivity contribution is 5.85. The normalized spacial score (nSPS) is 30.8. The number of Topliss-reactive ketones (excluding diaryl/α,β-unsaturated/α-hetero) is 1. The van der Waals surface area contributed by atoms with Crippen LogP contribution in [0.5, 0.6) is 0 Å². The highest BCUT2D eigenvalue weighted by atomic mass is 16.1. The number of likely N-dealkylation sites (tertiary alicyclic amines) is 1. The van der Waals surface area contributed by atoms with Crippen LogP contribution in [0.25, 0.3) is 0 Å². The molecular weight excluding hydrogens is 270 g/mol. The van der Waals surface area contributed by atoms with Crippen LogP contribution in [0, 0.1) is 10.8 Å². The Morgan fingerprint density at radius 3 is 2.36 bits per heavy atom. The van der Waals surface area contributed by atoms with Crippen molar-refractivity contribution in [1.82, 2.24) is 4.90 Å². The van der Waals surface area contributed by atoms with Crippen LogP contribution >= 0.6 is 0 Å². The van der Waals surface area contributed by atoms with E-state index in [0.29, 0.717) is 11.2 Å². The summed E-state index contributed by atoms with van der Waals surface area (Å²) in [6, 6.07) is 10.8. The maximum Gasteiger partial charge on any atom is 0.138 e. The number of carbonyl (C=O) groups excluding carboxylic acids is 1. The lowest BCUT2D eigenvalue weighted by molar-refractivity contribution is -0.133. The van der Waals surface area contributed by atoms with E-state index in [1.807, 2.05) is 0 Å². The van der Waals surface area contributed by atoms with Gasteiger partial charge in [-0.2, -0.15) is 0 Å². The second kappa shape index (κ2) is 5.19. The van der Waals surface area contributed by atoms with Gasteiger partial charge < -0.3 is 0 Å². The minimum Gasteiger partial charge on any atom is -0.299 e. The fourth-order valence-electron chi connectivity index (χ4n) is 4.91. The molecule has 1 unspecified atom stereocenters. The molecule has 2 heteroatoms. The number of benzene rings is 1. The quantitative estimate of drug-likeness (QED) is 0.805. The molecule has 1 saturated carbocycles. The Labute approximate surface area is 134 Å². The van der Waals surface area contributed by atoms with E-state index in [2.05, 4.69) is 62.9 Å². The lowest BCUT2D eigenvalue weighted by Crippen LogP contribution is -2.41. The van der Waals surface area contributed by atoms with Gasteiger partial charge in [-0.1, -0.05) is 44.2 Å². The van der Waals surface area contributed by atoms with E-state index in [4.69, 9.17) is 0 Å². The molecule has 1 heterocycles. The van der Waals surface area contributed by atoms with E-state index in [9.17, 15) is 4.79 Å². The van der Waals surface area contributed by atoms with Gasteiger partial charge in [0.1, 0.15) is 5.78 Å². The molecule has 1 spiro atoms. The van der Waals surface area contributed by atoms with Crippen molar-refractivity contribution in [3.05, 3.63) is 35.9 Å². The lowest BCUT2D eigenvalue weighted by atomic mass is 9.61. The largest absolute Gasteiger partial charge is 0.299 e. The fraction of sp³-hybridized carbons (Fsp3) is 0.650. The second-order valence-corrected chi connectivity index (χ2v) is 8.81.